The zero-order valence-corrected chi connectivity index (χ0v) is 13.0. The molecule has 1 aliphatic carbocycles. The van der Waals surface area contributed by atoms with Crippen LogP contribution in [0.4, 0.5) is 0 Å². The summed E-state index contributed by atoms with van der Waals surface area (Å²) in [4.78, 5) is 11.5. The maximum absolute atomic E-state index is 11.5. The van der Waals surface area contributed by atoms with Crippen LogP contribution in [-0.4, -0.2) is 19.1 Å². The molecule has 3 heteroatoms. The van der Waals surface area contributed by atoms with Crippen molar-refractivity contribution in [3.63, 3.8) is 0 Å². The summed E-state index contributed by atoms with van der Waals surface area (Å²) < 4.78 is 5.03. The second kappa shape index (κ2) is 8.83. The molecule has 2 rings (SSSR count). The molecule has 0 aromatic heterocycles. The quantitative estimate of drug-likeness (QED) is 0.780. The van der Waals surface area contributed by atoms with Crippen LogP contribution in [0.3, 0.4) is 0 Å². The highest BCUT2D eigenvalue weighted by Gasteiger charge is 2.23. The molecule has 0 heterocycles. The lowest BCUT2D eigenvalue weighted by atomic mass is 9.80. The van der Waals surface area contributed by atoms with E-state index in [1.165, 1.54) is 18.4 Å². The van der Waals surface area contributed by atoms with Gasteiger partial charge in [0.25, 0.3) is 0 Å². The Balaban J connectivity index is 1.60. The van der Waals surface area contributed by atoms with E-state index in [0.717, 1.165) is 31.8 Å². The largest absolute Gasteiger partial charge is 0.466 e. The van der Waals surface area contributed by atoms with Gasteiger partial charge in [0, 0.05) is 13.0 Å². The van der Waals surface area contributed by atoms with Crippen LogP contribution in [0, 0.1) is 11.8 Å². The molecule has 116 valence electrons. The lowest BCUT2D eigenvalue weighted by Crippen LogP contribution is -2.27. The number of hydrogen-bond acceptors (Lipinski definition) is 3. The number of ether oxygens (including phenoxy) is 1. The van der Waals surface area contributed by atoms with Crippen molar-refractivity contribution in [2.75, 3.05) is 13.2 Å². The van der Waals surface area contributed by atoms with Crippen molar-refractivity contribution >= 4 is 5.97 Å². The van der Waals surface area contributed by atoms with Crippen LogP contribution < -0.4 is 5.32 Å². The molecule has 21 heavy (non-hydrogen) atoms. The third kappa shape index (κ3) is 5.88. The molecule has 0 atom stereocenters. The predicted octanol–water partition coefficient (Wildman–Crippen LogP) is 3.54. The number of rotatable bonds is 7. The number of nitrogens with one attached hydrogen (secondary N) is 1. The number of carbonyl (C=O) groups excluding carboxylic acids is 1. The third-order valence-electron chi connectivity index (χ3n) is 4.33. The van der Waals surface area contributed by atoms with Gasteiger partial charge in [-0.2, -0.15) is 0 Å². The zero-order valence-electron chi connectivity index (χ0n) is 13.0. The minimum atomic E-state index is -0.0249. The summed E-state index contributed by atoms with van der Waals surface area (Å²) in [5.41, 5.74) is 1.34. The van der Waals surface area contributed by atoms with Gasteiger partial charge in [-0.3, -0.25) is 4.79 Å². The molecule has 1 aromatic rings. The standard InChI is InChI=1S/C18H27NO2/c1-2-21-18(20)12-15-8-10-17(11-9-15)14-19-13-16-6-4-3-5-7-16/h3-7,15,17,19H,2,8-14H2,1H3. The van der Waals surface area contributed by atoms with E-state index in [2.05, 4.69) is 29.6 Å². The van der Waals surface area contributed by atoms with Crippen molar-refractivity contribution in [2.24, 2.45) is 11.8 Å². The average Bonchev–Trinajstić information content (AvgIpc) is 2.50. The fourth-order valence-corrected chi connectivity index (χ4v) is 3.11. The van der Waals surface area contributed by atoms with Gasteiger partial charge in [0.15, 0.2) is 0 Å². The first-order valence-corrected chi connectivity index (χ1v) is 8.18. The van der Waals surface area contributed by atoms with E-state index in [9.17, 15) is 4.79 Å². The summed E-state index contributed by atoms with van der Waals surface area (Å²) in [6.07, 6.45) is 5.39. The summed E-state index contributed by atoms with van der Waals surface area (Å²) >= 11 is 0. The molecule has 0 amide bonds. The van der Waals surface area contributed by atoms with Crippen LogP contribution in [0.25, 0.3) is 0 Å². The second-order valence-corrected chi connectivity index (χ2v) is 6.01. The van der Waals surface area contributed by atoms with Crippen LogP contribution in [0.5, 0.6) is 0 Å². The van der Waals surface area contributed by atoms with Gasteiger partial charge in [0.1, 0.15) is 0 Å². The Hall–Kier alpha value is -1.35. The Morgan fingerprint density at radius 1 is 1.14 bits per heavy atom. The van der Waals surface area contributed by atoms with E-state index >= 15 is 0 Å². The minimum Gasteiger partial charge on any atom is -0.466 e. The van der Waals surface area contributed by atoms with Crippen molar-refractivity contribution in [1.29, 1.82) is 0 Å². The van der Waals surface area contributed by atoms with E-state index in [4.69, 9.17) is 4.74 Å². The summed E-state index contributed by atoms with van der Waals surface area (Å²) in [7, 11) is 0. The van der Waals surface area contributed by atoms with Crippen LogP contribution >= 0.6 is 0 Å². The van der Waals surface area contributed by atoms with Gasteiger partial charge in [-0.1, -0.05) is 30.3 Å². The molecule has 0 spiro atoms. The smallest absolute Gasteiger partial charge is 0.306 e. The van der Waals surface area contributed by atoms with E-state index < -0.39 is 0 Å². The molecular formula is C18H27NO2. The highest BCUT2D eigenvalue weighted by molar-refractivity contribution is 5.69. The molecule has 1 N–H and O–H groups in total. The molecule has 0 aliphatic heterocycles. The van der Waals surface area contributed by atoms with Crippen LogP contribution in [0.1, 0.15) is 44.6 Å². The Labute approximate surface area is 128 Å². The monoisotopic (exact) mass is 289 g/mol. The number of benzene rings is 1. The first-order valence-electron chi connectivity index (χ1n) is 8.18. The van der Waals surface area contributed by atoms with Gasteiger partial charge in [-0.15, -0.1) is 0 Å². The predicted molar refractivity (Wildman–Crippen MR) is 84.8 cm³/mol. The van der Waals surface area contributed by atoms with E-state index in [-0.39, 0.29) is 5.97 Å². The SMILES string of the molecule is CCOC(=O)CC1CCC(CNCc2ccccc2)CC1. The van der Waals surface area contributed by atoms with Crippen molar-refractivity contribution in [2.45, 2.75) is 45.6 Å². The van der Waals surface area contributed by atoms with E-state index in [0.29, 0.717) is 18.9 Å². The van der Waals surface area contributed by atoms with Gasteiger partial charge in [0.2, 0.25) is 0 Å². The maximum atomic E-state index is 11.5. The third-order valence-corrected chi connectivity index (χ3v) is 4.33. The number of hydrogen-bond donors (Lipinski definition) is 1. The second-order valence-electron chi connectivity index (χ2n) is 6.01. The van der Waals surface area contributed by atoms with Gasteiger partial charge >= 0.3 is 5.97 Å². The summed E-state index contributed by atoms with van der Waals surface area (Å²) in [5, 5.41) is 3.56. The van der Waals surface area contributed by atoms with E-state index in [1.807, 2.05) is 13.0 Å². The average molecular weight is 289 g/mol. The van der Waals surface area contributed by atoms with Crippen LogP contribution in [-0.2, 0) is 16.1 Å². The van der Waals surface area contributed by atoms with Crippen molar-refractivity contribution in [1.82, 2.24) is 5.32 Å². The zero-order chi connectivity index (χ0) is 14.9. The van der Waals surface area contributed by atoms with Crippen molar-refractivity contribution in [3.05, 3.63) is 35.9 Å². The van der Waals surface area contributed by atoms with Crippen LogP contribution in [0.2, 0.25) is 0 Å². The number of esters is 1. The molecule has 1 fully saturated rings. The molecule has 1 aliphatic rings. The maximum Gasteiger partial charge on any atom is 0.306 e. The molecule has 0 radical (unpaired) electrons. The van der Waals surface area contributed by atoms with Gasteiger partial charge < -0.3 is 10.1 Å². The Morgan fingerprint density at radius 2 is 1.81 bits per heavy atom. The lowest BCUT2D eigenvalue weighted by molar-refractivity contribution is -0.144. The summed E-state index contributed by atoms with van der Waals surface area (Å²) in [6.45, 7) is 4.40. The molecule has 3 nitrogen and oxygen atoms in total. The highest BCUT2D eigenvalue weighted by Crippen LogP contribution is 2.30. The Bertz CT molecular complexity index is 410. The van der Waals surface area contributed by atoms with Gasteiger partial charge in [-0.05, 0) is 56.6 Å². The van der Waals surface area contributed by atoms with E-state index in [1.54, 1.807) is 0 Å². The molecule has 0 unspecified atom stereocenters. The topological polar surface area (TPSA) is 38.3 Å². The first kappa shape index (κ1) is 16.0. The number of carbonyl (C=O) groups is 1. The van der Waals surface area contributed by atoms with Crippen molar-refractivity contribution in [3.8, 4) is 0 Å². The van der Waals surface area contributed by atoms with Crippen LogP contribution in [0.15, 0.2) is 30.3 Å². The highest BCUT2D eigenvalue weighted by atomic mass is 16.5. The van der Waals surface area contributed by atoms with Crippen molar-refractivity contribution < 1.29 is 9.53 Å². The minimum absolute atomic E-state index is 0.0249. The Morgan fingerprint density at radius 3 is 2.48 bits per heavy atom. The summed E-state index contributed by atoms with van der Waals surface area (Å²) in [6, 6.07) is 10.5. The molecule has 1 aromatic carbocycles. The fraction of sp³-hybridized carbons (Fsp3) is 0.611. The first-order chi connectivity index (χ1) is 10.3. The van der Waals surface area contributed by atoms with Gasteiger partial charge in [-0.25, -0.2) is 0 Å². The molecular weight excluding hydrogens is 262 g/mol. The molecule has 1 saturated carbocycles. The summed E-state index contributed by atoms with van der Waals surface area (Å²) in [5.74, 6) is 1.27. The fourth-order valence-electron chi connectivity index (χ4n) is 3.11. The molecule has 0 bridgehead atoms. The normalized spacial score (nSPS) is 22.0. The lowest BCUT2D eigenvalue weighted by Gasteiger charge is -2.28. The molecule has 0 saturated heterocycles. The Kier molecular flexibility index (Phi) is 6.74. The van der Waals surface area contributed by atoms with Gasteiger partial charge in [0.05, 0.1) is 6.61 Å².